The number of fused-ring (bicyclic) bond motifs is 1. The van der Waals surface area contributed by atoms with Crippen LogP contribution in [0.15, 0.2) is 22.8 Å². The molecule has 0 amide bonds. The van der Waals surface area contributed by atoms with Crippen LogP contribution in [0.3, 0.4) is 0 Å². The van der Waals surface area contributed by atoms with Crippen LogP contribution in [-0.2, 0) is 5.41 Å². The van der Waals surface area contributed by atoms with E-state index in [0.717, 1.165) is 41.9 Å². The third-order valence-electron chi connectivity index (χ3n) is 3.76. The third-order valence-corrected chi connectivity index (χ3v) is 4.23. The quantitative estimate of drug-likeness (QED) is 0.923. The smallest absolute Gasteiger partial charge is 0.160 e. The van der Waals surface area contributed by atoms with Crippen molar-refractivity contribution in [2.24, 2.45) is 0 Å². The van der Waals surface area contributed by atoms with Crippen LogP contribution in [0.4, 0.5) is 0 Å². The second-order valence-electron chi connectivity index (χ2n) is 4.66. The first-order valence-electron chi connectivity index (χ1n) is 5.97. The van der Waals surface area contributed by atoms with Gasteiger partial charge in [-0.15, -0.1) is 10.2 Å². The Morgan fingerprint density at radius 3 is 3.06 bits per heavy atom. The lowest BCUT2D eigenvalue weighted by Gasteiger charge is -2.24. The van der Waals surface area contributed by atoms with Gasteiger partial charge in [-0.25, -0.2) is 0 Å². The lowest BCUT2D eigenvalue weighted by molar-refractivity contribution is 0.421. The van der Waals surface area contributed by atoms with Crippen LogP contribution in [0, 0.1) is 0 Å². The van der Waals surface area contributed by atoms with Crippen molar-refractivity contribution in [3.05, 3.63) is 28.6 Å². The fourth-order valence-electron chi connectivity index (χ4n) is 2.62. The molecule has 0 spiro atoms. The standard InChI is InChI=1S/C12H15BrN4/c1-2-12(5-6-14-8-12)11-16-15-10-4-3-9(13)7-17(10)11/h3-4,7,14H,2,5-6,8H2,1H3. The maximum atomic E-state index is 4.41. The average molecular weight is 295 g/mol. The highest BCUT2D eigenvalue weighted by molar-refractivity contribution is 9.10. The largest absolute Gasteiger partial charge is 0.316 e. The summed E-state index contributed by atoms with van der Waals surface area (Å²) in [4.78, 5) is 0. The Kier molecular flexibility index (Phi) is 2.67. The molecule has 4 nitrogen and oxygen atoms in total. The minimum atomic E-state index is 0.139. The molecule has 1 N–H and O–H groups in total. The van der Waals surface area contributed by atoms with Gasteiger partial charge >= 0.3 is 0 Å². The first-order chi connectivity index (χ1) is 8.25. The molecule has 17 heavy (non-hydrogen) atoms. The highest BCUT2D eigenvalue weighted by Crippen LogP contribution is 2.33. The number of rotatable bonds is 2. The summed E-state index contributed by atoms with van der Waals surface area (Å²) in [5.74, 6) is 1.08. The fraction of sp³-hybridized carbons (Fsp3) is 0.500. The molecule has 0 aliphatic carbocycles. The Bertz CT molecular complexity index is 542. The molecule has 90 valence electrons. The molecule has 1 aliphatic heterocycles. The monoisotopic (exact) mass is 294 g/mol. The summed E-state index contributed by atoms with van der Waals surface area (Å²) in [6, 6.07) is 3.99. The van der Waals surface area contributed by atoms with Crippen molar-refractivity contribution in [3.8, 4) is 0 Å². The molecule has 0 aromatic carbocycles. The van der Waals surface area contributed by atoms with E-state index in [1.54, 1.807) is 0 Å². The van der Waals surface area contributed by atoms with Gasteiger partial charge < -0.3 is 5.32 Å². The number of pyridine rings is 1. The van der Waals surface area contributed by atoms with Crippen molar-refractivity contribution >= 4 is 21.6 Å². The Balaban J connectivity index is 2.19. The van der Waals surface area contributed by atoms with Crippen molar-refractivity contribution in [1.29, 1.82) is 0 Å². The van der Waals surface area contributed by atoms with Gasteiger partial charge in [0.2, 0.25) is 0 Å². The van der Waals surface area contributed by atoms with Crippen LogP contribution >= 0.6 is 15.9 Å². The van der Waals surface area contributed by atoms with E-state index >= 15 is 0 Å². The summed E-state index contributed by atoms with van der Waals surface area (Å²) >= 11 is 3.51. The first kappa shape index (κ1) is 11.2. The number of hydrogen-bond acceptors (Lipinski definition) is 3. The SMILES string of the molecule is CCC1(c2nnc3ccc(Br)cn23)CCNC1. The van der Waals surface area contributed by atoms with E-state index in [1.165, 1.54) is 0 Å². The molecule has 2 aromatic rings. The van der Waals surface area contributed by atoms with E-state index < -0.39 is 0 Å². The van der Waals surface area contributed by atoms with Crippen LogP contribution < -0.4 is 5.32 Å². The van der Waals surface area contributed by atoms with E-state index in [-0.39, 0.29) is 5.41 Å². The summed E-state index contributed by atoms with van der Waals surface area (Å²) in [5.41, 5.74) is 1.06. The molecule has 1 unspecified atom stereocenters. The number of nitrogens with zero attached hydrogens (tertiary/aromatic N) is 3. The van der Waals surface area contributed by atoms with Crippen LogP contribution in [0.1, 0.15) is 25.6 Å². The summed E-state index contributed by atoms with van der Waals surface area (Å²) in [6.07, 6.45) is 4.28. The van der Waals surface area contributed by atoms with Crippen molar-refractivity contribution < 1.29 is 0 Å². The first-order valence-corrected chi connectivity index (χ1v) is 6.76. The maximum Gasteiger partial charge on any atom is 0.160 e. The fourth-order valence-corrected chi connectivity index (χ4v) is 2.96. The van der Waals surface area contributed by atoms with Gasteiger partial charge in [0.15, 0.2) is 5.65 Å². The van der Waals surface area contributed by atoms with Crippen molar-refractivity contribution in [2.75, 3.05) is 13.1 Å². The predicted molar refractivity (Wildman–Crippen MR) is 70.1 cm³/mol. The van der Waals surface area contributed by atoms with E-state index in [0.29, 0.717) is 0 Å². The molecule has 3 heterocycles. The predicted octanol–water partition coefficient (Wildman–Crippen LogP) is 2.13. The lowest BCUT2D eigenvalue weighted by atomic mass is 9.83. The van der Waals surface area contributed by atoms with Gasteiger partial charge in [-0.2, -0.15) is 0 Å². The molecule has 3 rings (SSSR count). The van der Waals surface area contributed by atoms with Gasteiger partial charge in [-0.3, -0.25) is 4.40 Å². The normalized spacial score (nSPS) is 24.6. The molecule has 0 bridgehead atoms. The zero-order valence-electron chi connectivity index (χ0n) is 9.78. The van der Waals surface area contributed by atoms with E-state index in [2.05, 4.69) is 49.0 Å². The van der Waals surface area contributed by atoms with Crippen LogP contribution in [-0.4, -0.2) is 27.7 Å². The van der Waals surface area contributed by atoms with E-state index in [1.807, 2.05) is 12.1 Å². The summed E-state index contributed by atoms with van der Waals surface area (Å²) in [5, 5.41) is 12.1. The number of nitrogens with one attached hydrogen (secondary N) is 1. The Hall–Kier alpha value is -0.940. The summed E-state index contributed by atoms with van der Waals surface area (Å²) in [7, 11) is 0. The molecule has 1 atom stereocenters. The number of aromatic nitrogens is 3. The summed E-state index contributed by atoms with van der Waals surface area (Å²) in [6.45, 7) is 4.29. The topological polar surface area (TPSA) is 42.2 Å². The van der Waals surface area contributed by atoms with Gasteiger partial charge in [0.05, 0.1) is 0 Å². The van der Waals surface area contributed by atoms with Gasteiger partial charge in [0.25, 0.3) is 0 Å². The molecule has 1 aliphatic rings. The molecule has 0 saturated carbocycles. The highest BCUT2D eigenvalue weighted by atomic mass is 79.9. The lowest BCUT2D eigenvalue weighted by Crippen LogP contribution is -2.30. The molecular weight excluding hydrogens is 280 g/mol. The Labute approximate surface area is 109 Å². The van der Waals surface area contributed by atoms with Crippen LogP contribution in [0.5, 0.6) is 0 Å². The second kappa shape index (κ2) is 4.07. The zero-order chi connectivity index (χ0) is 11.9. The molecule has 2 aromatic heterocycles. The molecule has 1 saturated heterocycles. The molecular formula is C12H15BrN4. The van der Waals surface area contributed by atoms with Crippen molar-refractivity contribution in [1.82, 2.24) is 19.9 Å². The van der Waals surface area contributed by atoms with Crippen molar-refractivity contribution in [3.63, 3.8) is 0 Å². The minimum absolute atomic E-state index is 0.139. The molecule has 1 fully saturated rings. The van der Waals surface area contributed by atoms with Gasteiger partial charge in [-0.05, 0) is 47.4 Å². The Morgan fingerprint density at radius 1 is 1.47 bits per heavy atom. The molecule has 0 radical (unpaired) electrons. The van der Waals surface area contributed by atoms with Gasteiger partial charge in [0.1, 0.15) is 5.82 Å². The van der Waals surface area contributed by atoms with Crippen LogP contribution in [0.25, 0.3) is 5.65 Å². The van der Waals surface area contributed by atoms with E-state index in [4.69, 9.17) is 0 Å². The number of halogens is 1. The number of hydrogen-bond donors (Lipinski definition) is 1. The van der Waals surface area contributed by atoms with Gasteiger partial charge in [-0.1, -0.05) is 6.92 Å². The van der Waals surface area contributed by atoms with Crippen molar-refractivity contribution in [2.45, 2.75) is 25.2 Å². The Morgan fingerprint density at radius 2 is 2.35 bits per heavy atom. The van der Waals surface area contributed by atoms with Gasteiger partial charge in [0, 0.05) is 22.6 Å². The maximum absolute atomic E-state index is 4.41. The van der Waals surface area contributed by atoms with E-state index in [9.17, 15) is 0 Å². The third kappa shape index (κ3) is 1.68. The second-order valence-corrected chi connectivity index (χ2v) is 5.58. The zero-order valence-corrected chi connectivity index (χ0v) is 11.4. The van der Waals surface area contributed by atoms with Crippen LogP contribution in [0.2, 0.25) is 0 Å². The average Bonchev–Trinajstić information content (AvgIpc) is 2.94. The minimum Gasteiger partial charge on any atom is -0.316 e. The highest BCUT2D eigenvalue weighted by Gasteiger charge is 2.38. The molecule has 5 heteroatoms. The summed E-state index contributed by atoms with van der Waals surface area (Å²) < 4.78 is 3.17.